The zero-order valence-electron chi connectivity index (χ0n) is 13.7. The molecule has 130 valence electrons. The number of likely N-dealkylation sites (tertiary alicyclic amines) is 1. The summed E-state index contributed by atoms with van der Waals surface area (Å²) in [7, 11) is 0. The molecule has 7 nitrogen and oxygen atoms in total. The van der Waals surface area contributed by atoms with Crippen molar-refractivity contribution in [3.8, 4) is 5.88 Å². The first-order valence-corrected chi connectivity index (χ1v) is 9.17. The highest BCUT2D eigenvalue weighted by Crippen LogP contribution is 2.16. The highest BCUT2D eigenvalue weighted by atomic mass is 32.1. The van der Waals surface area contributed by atoms with Gasteiger partial charge in [0.25, 0.3) is 11.5 Å². The third-order valence-electron chi connectivity index (χ3n) is 4.52. The normalized spacial score (nSPS) is 18.8. The fraction of sp³-hybridized carbons (Fsp3) is 0.562. The SMILES string of the molecule is C[C@@H]1CCCCN1CCCNC(=O)c1c(O)nc2sccn2c1=O. The molecule has 0 bridgehead atoms. The topological polar surface area (TPSA) is 86.9 Å². The van der Waals surface area contributed by atoms with Gasteiger partial charge in [-0.2, -0.15) is 4.98 Å². The molecule has 1 fully saturated rings. The van der Waals surface area contributed by atoms with Crippen molar-refractivity contribution < 1.29 is 9.90 Å². The molecule has 2 aromatic rings. The lowest BCUT2D eigenvalue weighted by Gasteiger charge is -2.33. The Morgan fingerprint density at radius 2 is 2.33 bits per heavy atom. The predicted octanol–water partition coefficient (Wildman–Crippen LogP) is 1.46. The Hall–Kier alpha value is -1.93. The van der Waals surface area contributed by atoms with Crippen LogP contribution in [0.5, 0.6) is 5.88 Å². The van der Waals surface area contributed by atoms with E-state index in [4.69, 9.17) is 0 Å². The van der Waals surface area contributed by atoms with Crippen LogP contribution in [0.25, 0.3) is 4.96 Å². The van der Waals surface area contributed by atoms with Gasteiger partial charge in [-0.05, 0) is 32.7 Å². The first kappa shape index (κ1) is 16.9. The van der Waals surface area contributed by atoms with Gasteiger partial charge in [-0.3, -0.25) is 14.0 Å². The number of thiazole rings is 1. The molecule has 1 aliphatic heterocycles. The number of piperidine rings is 1. The summed E-state index contributed by atoms with van der Waals surface area (Å²) in [5.41, 5.74) is -0.835. The van der Waals surface area contributed by atoms with E-state index in [0.29, 0.717) is 17.5 Å². The van der Waals surface area contributed by atoms with Gasteiger partial charge in [-0.15, -0.1) is 11.3 Å². The van der Waals surface area contributed by atoms with Crippen molar-refractivity contribution in [2.24, 2.45) is 0 Å². The van der Waals surface area contributed by atoms with Crippen LogP contribution in [0.3, 0.4) is 0 Å². The highest BCUT2D eigenvalue weighted by Gasteiger charge is 2.21. The Kier molecular flexibility index (Phi) is 5.15. The molecule has 0 unspecified atom stereocenters. The highest BCUT2D eigenvalue weighted by molar-refractivity contribution is 7.15. The Morgan fingerprint density at radius 1 is 1.50 bits per heavy atom. The van der Waals surface area contributed by atoms with Gasteiger partial charge in [0.2, 0.25) is 5.88 Å². The number of hydrogen-bond donors (Lipinski definition) is 2. The van der Waals surface area contributed by atoms with Crippen molar-refractivity contribution in [2.45, 2.75) is 38.6 Å². The Labute approximate surface area is 143 Å². The Balaban J connectivity index is 1.58. The third-order valence-corrected chi connectivity index (χ3v) is 5.28. The molecule has 24 heavy (non-hydrogen) atoms. The minimum atomic E-state index is -0.572. The van der Waals surface area contributed by atoms with Gasteiger partial charge < -0.3 is 15.3 Å². The summed E-state index contributed by atoms with van der Waals surface area (Å²) in [6, 6.07) is 0.591. The molecular formula is C16H22N4O3S. The van der Waals surface area contributed by atoms with E-state index in [-0.39, 0.29) is 5.56 Å². The number of nitrogens with one attached hydrogen (secondary N) is 1. The van der Waals surface area contributed by atoms with Crippen molar-refractivity contribution >= 4 is 22.2 Å². The molecule has 2 aromatic heterocycles. The van der Waals surface area contributed by atoms with Gasteiger partial charge in [0.1, 0.15) is 0 Å². The molecule has 0 aromatic carbocycles. The summed E-state index contributed by atoms with van der Waals surface area (Å²) in [5, 5.41) is 14.3. The van der Waals surface area contributed by atoms with Crippen LogP contribution in [0.1, 0.15) is 43.0 Å². The molecule has 3 rings (SSSR count). The van der Waals surface area contributed by atoms with Crippen LogP contribution in [0.2, 0.25) is 0 Å². The van der Waals surface area contributed by atoms with E-state index in [9.17, 15) is 14.7 Å². The van der Waals surface area contributed by atoms with Gasteiger partial charge in [-0.1, -0.05) is 6.42 Å². The standard InChI is InChI=1S/C16H22N4O3S/c1-11-5-2-3-7-19(11)8-4-6-17-13(21)12-14(22)18-16-20(15(12)23)9-10-24-16/h9-11,22H,2-8H2,1H3,(H,17,21)/t11-/m1/s1. The van der Waals surface area contributed by atoms with Gasteiger partial charge in [0.05, 0.1) is 0 Å². The van der Waals surface area contributed by atoms with Crippen LogP contribution in [0.15, 0.2) is 16.4 Å². The second-order valence-corrected chi connectivity index (χ2v) is 7.03. The second kappa shape index (κ2) is 7.31. The van der Waals surface area contributed by atoms with Crippen LogP contribution >= 0.6 is 11.3 Å². The van der Waals surface area contributed by atoms with E-state index in [2.05, 4.69) is 22.1 Å². The monoisotopic (exact) mass is 350 g/mol. The first-order valence-electron chi connectivity index (χ1n) is 8.29. The maximum atomic E-state index is 12.3. The Bertz CT molecular complexity index is 785. The first-order chi connectivity index (χ1) is 11.6. The lowest BCUT2D eigenvalue weighted by Crippen LogP contribution is -2.39. The number of rotatable bonds is 5. The summed E-state index contributed by atoms with van der Waals surface area (Å²) in [6.45, 7) is 4.73. The number of aromatic hydroxyl groups is 1. The van der Waals surface area contributed by atoms with E-state index in [1.165, 1.54) is 35.0 Å². The van der Waals surface area contributed by atoms with E-state index in [0.717, 1.165) is 19.5 Å². The fourth-order valence-corrected chi connectivity index (χ4v) is 3.83. The maximum absolute atomic E-state index is 12.3. The zero-order valence-corrected chi connectivity index (χ0v) is 14.5. The minimum Gasteiger partial charge on any atom is -0.492 e. The number of amides is 1. The number of aromatic nitrogens is 2. The van der Waals surface area contributed by atoms with Crippen molar-refractivity contribution in [3.05, 3.63) is 27.5 Å². The maximum Gasteiger partial charge on any atom is 0.275 e. The van der Waals surface area contributed by atoms with Gasteiger partial charge in [0, 0.05) is 30.7 Å². The van der Waals surface area contributed by atoms with E-state index in [1.54, 1.807) is 11.6 Å². The lowest BCUT2D eigenvalue weighted by molar-refractivity contribution is 0.0943. The second-order valence-electron chi connectivity index (χ2n) is 6.16. The quantitative estimate of drug-likeness (QED) is 0.797. The van der Waals surface area contributed by atoms with Crippen LogP contribution < -0.4 is 10.9 Å². The van der Waals surface area contributed by atoms with Gasteiger partial charge in [-0.25, -0.2) is 0 Å². The molecule has 8 heteroatoms. The van der Waals surface area contributed by atoms with Gasteiger partial charge in [0.15, 0.2) is 10.5 Å². The molecule has 0 aliphatic carbocycles. The molecule has 3 heterocycles. The van der Waals surface area contributed by atoms with Crippen LogP contribution in [-0.4, -0.2) is 51.0 Å². The van der Waals surface area contributed by atoms with Crippen LogP contribution in [-0.2, 0) is 0 Å². The smallest absolute Gasteiger partial charge is 0.275 e. The molecule has 0 radical (unpaired) electrons. The average molecular weight is 350 g/mol. The van der Waals surface area contributed by atoms with Crippen LogP contribution in [0.4, 0.5) is 0 Å². The summed E-state index contributed by atoms with van der Waals surface area (Å²) in [4.78, 5) is 31.2. The number of fused-ring (bicyclic) bond motifs is 1. The van der Waals surface area contributed by atoms with Crippen molar-refractivity contribution in [1.29, 1.82) is 0 Å². The van der Waals surface area contributed by atoms with E-state index < -0.39 is 17.3 Å². The van der Waals surface area contributed by atoms with Crippen molar-refractivity contribution in [2.75, 3.05) is 19.6 Å². The molecule has 2 N–H and O–H groups in total. The molecular weight excluding hydrogens is 328 g/mol. The van der Waals surface area contributed by atoms with Crippen molar-refractivity contribution in [3.63, 3.8) is 0 Å². The summed E-state index contributed by atoms with van der Waals surface area (Å²) in [6.07, 6.45) is 6.10. The summed E-state index contributed by atoms with van der Waals surface area (Å²) in [5.74, 6) is -1.08. The zero-order chi connectivity index (χ0) is 17.1. The molecule has 0 saturated carbocycles. The predicted molar refractivity (Wildman–Crippen MR) is 92.8 cm³/mol. The van der Waals surface area contributed by atoms with Crippen molar-refractivity contribution in [1.82, 2.24) is 19.6 Å². The average Bonchev–Trinajstić information content (AvgIpc) is 3.01. The van der Waals surface area contributed by atoms with Gasteiger partial charge >= 0.3 is 0 Å². The van der Waals surface area contributed by atoms with Crippen LogP contribution in [0, 0.1) is 0 Å². The third kappa shape index (κ3) is 3.44. The Morgan fingerprint density at radius 3 is 3.12 bits per heavy atom. The largest absolute Gasteiger partial charge is 0.492 e. The van der Waals surface area contributed by atoms with E-state index in [1.807, 2.05) is 0 Å². The molecule has 1 aliphatic rings. The number of carbonyl (C=O) groups is 1. The molecule has 1 atom stereocenters. The summed E-state index contributed by atoms with van der Waals surface area (Å²) < 4.78 is 1.27. The number of carbonyl (C=O) groups excluding carboxylic acids is 1. The lowest BCUT2D eigenvalue weighted by atomic mass is 10.0. The fourth-order valence-electron chi connectivity index (χ4n) is 3.13. The molecule has 1 saturated heterocycles. The number of nitrogens with zero attached hydrogens (tertiary/aromatic N) is 3. The molecule has 0 spiro atoms. The summed E-state index contributed by atoms with van der Waals surface area (Å²) >= 11 is 1.23. The minimum absolute atomic E-state index is 0.294. The molecule has 1 amide bonds. The van der Waals surface area contributed by atoms with E-state index >= 15 is 0 Å². The number of hydrogen-bond acceptors (Lipinski definition) is 6.